The summed E-state index contributed by atoms with van der Waals surface area (Å²) in [6.07, 6.45) is -3.40. The van der Waals surface area contributed by atoms with Crippen molar-refractivity contribution < 1.29 is 17.6 Å². The largest absolute Gasteiger partial charge is 0.435 e. The van der Waals surface area contributed by atoms with Gasteiger partial charge >= 0.3 is 6.18 Å². The van der Waals surface area contributed by atoms with Gasteiger partial charge in [0.1, 0.15) is 0 Å². The van der Waals surface area contributed by atoms with Gasteiger partial charge < -0.3 is 4.42 Å². The molecule has 0 fully saturated rings. The molecule has 126 valence electrons. The van der Waals surface area contributed by atoms with Crippen LogP contribution in [0, 0.1) is 0 Å². The van der Waals surface area contributed by atoms with Crippen molar-refractivity contribution in [2.75, 3.05) is 0 Å². The minimum Gasteiger partial charge on any atom is -0.411 e. The van der Waals surface area contributed by atoms with Gasteiger partial charge in [-0.05, 0) is 17.7 Å². The van der Waals surface area contributed by atoms with E-state index in [1.807, 2.05) is 12.1 Å². The van der Waals surface area contributed by atoms with Crippen LogP contribution in [-0.2, 0) is 19.0 Å². The van der Waals surface area contributed by atoms with Crippen LogP contribution in [0.3, 0.4) is 0 Å². The van der Waals surface area contributed by atoms with Crippen molar-refractivity contribution in [2.24, 2.45) is 7.05 Å². The molecule has 2 aromatic heterocycles. The molecule has 3 aromatic rings. The predicted molar refractivity (Wildman–Crippen MR) is 82.5 cm³/mol. The molecule has 0 aliphatic heterocycles. The molecular formula is C14H10ClF3N4OS. The lowest BCUT2D eigenvalue weighted by Gasteiger charge is -2.02. The van der Waals surface area contributed by atoms with E-state index >= 15 is 0 Å². The summed E-state index contributed by atoms with van der Waals surface area (Å²) in [5.41, 5.74) is -0.319. The lowest BCUT2D eigenvalue weighted by molar-refractivity contribution is -0.141. The van der Waals surface area contributed by atoms with Gasteiger partial charge in [0, 0.05) is 24.0 Å². The normalized spacial score (nSPS) is 11.9. The molecule has 0 amide bonds. The number of alkyl halides is 3. The SMILES string of the molecule is Cn1cc(-c2nnc(SCc3ccc(Cl)cc3)o2)c(C(F)(F)F)n1. The molecule has 0 radical (unpaired) electrons. The second-order valence-corrected chi connectivity index (χ2v) is 6.21. The van der Waals surface area contributed by atoms with Crippen molar-refractivity contribution in [2.45, 2.75) is 17.2 Å². The van der Waals surface area contributed by atoms with E-state index in [-0.39, 0.29) is 16.7 Å². The van der Waals surface area contributed by atoms with Crippen molar-refractivity contribution in [1.29, 1.82) is 0 Å². The van der Waals surface area contributed by atoms with Gasteiger partial charge in [0.25, 0.3) is 11.1 Å². The standard InChI is InChI=1S/C14H10ClF3N4OS/c1-22-6-10(11(21-22)14(16,17)18)12-19-20-13(23-12)24-7-8-2-4-9(15)5-3-8/h2-6H,7H2,1H3. The third-order valence-corrected chi connectivity index (χ3v) is 4.15. The highest BCUT2D eigenvalue weighted by Gasteiger charge is 2.38. The van der Waals surface area contributed by atoms with Crippen LogP contribution in [0.15, 0.2) is 40.1 Å². The number of nitrogens with zero attached hydrogens (tertiary/aromatic N) is 4. The molecule has 0 saturated heterocycles. The number of aromatic nitrogens is 4. The zero-order valence-corrected chi connectivity index (χ0v) is 13.8. The van der Waals surface area contributed by atoms with Crippen LogP contribution in [0.4, 0.5) is 13.2 Å². The highest BCUT2D eigenvalue weighted by Crippen LogP contribution is 2.36. The number of benzene rings is 1. The fraction of sp³-hybridized carbons (Fsp3) is 0.214. The summed E-state index contributed by atoms with van der Waals surface area (Å²) >= 11 is 7.03. The molecule has 1 aromatic carbocycles. The van der Waals surface area contributed by atoms with Gasteiger partial charge in [-0.2, -0.15) is 18.3 Å². The zero-order valence-electron chi connectivity index (χ0n) is 12.2. The van der Waals surface area contributed by atoms with Crippen LogP contribution in [0.25, 0.3) is 11.5 Å². The minimum absolute atomic E-state index is 0.178. The lowest BCUT2D eigenvalue weighted by Crippen LogP contribution is -2.08. The second-order valence-electron chi connectivity index (χ2n) is 4.85. The molecule has 5 nitrogen and oxygen atoms in total. The lowest BCUT2D eigenvalue weighted by atomic mass is 10.2. The molecule has 0 N–H and O–H groups in total. The van der Waals surface area contributed by atoms with E-state index in [9.17, 15) is 13.2 Å². The average molecular weight is 375 g/mol. The number of aryl methyl sites for hydroxylation is 1. The van der Waals surface area contributed by atoms with Crippen LogP contribution in [0.2, 0.25) is 5.02 Å². The Hall–Kier alpha value is -2.00. The maximum Gasteiger partial charge on any atom is 0.435 e. The predicted octanol–water partition coefficient (Wildman–Crippen LogP) is 4.43. The van der Waals surface area contributed by atoms with Crippen molar-refractivity contribution in [3.8, 4) is 11.5 Å². The second kappa shape index (κ2) is 6.48. The Morgan fingerprint density at radius 2 is 1.92 bits per heavy atom. The average Bonchev–Trinajstić information content (AvgIpc) is 3.12. The molecular weight excluding hydrogens is 365 g/mol. The summed E-state index contributed by atoms with van der Waals surface area (Å²) in [6.45, 7) is 0. The Morgan fingerprint density at radius 3 is 2.58 bits per heavy atom. The van der Waals surface area contributed by atoms with E-state index in [0.717, 1.165) is 10.2 Å². The van der Waals surface area contributed by atoms with Gasteiger partial charge in [-0.3, -0.25) is 4.68 Å². The third kappa shape index (κ3) is 3.73. The number of hydrogen-bond acceptors (Lipinski definition) is 5. The summed E-state index contributed by atoms with van der Waals surface area (Å²) in [7, 11) is 1.39. The molecule has 0 bridgehead atoms. The molecule has 24 heavy (non-hydrogen) atoms. The Labute approximate surface area is 143 Å². The maximum atomic E-state index is 13.0. The van der Waals surface area contributed by atoms with E-state index < -0.39 is 11.9 Å². The molecule has 0 saturated carbocycles. The summed E-state index contributed by atoms with van der Waals surface area (Å²) in [5.74, 6) is 0.312. The summed E-state index contributed by atoms with van der Waals surface area (Å²) < 4.78 is 45.3. The maximum absolute atomic E-state index is 13.0. The fourth-order valence-corrected chi connectivity index (χ4v) is 2.80. The van der Waals surface area contributed by atoms with Gasteiger partial charge in [-0.25, -0.2) is 0 Å². The van der Waals surface area contributed by atoms with Gasteiger partial charge in [-0.15, -0.1) is 10.2 Å². The van der Waals surface area contributed by atoms with E-state index in [1.54, 1.807) is 12.1 Å². The Morgan fingerprint density at radius 1 is 1.21 bits per heavy atom. The van der Waals surface area contributed by atoms with Crippen molar-refractivity contribution in [3.05, 3.63) is 46.7 Å². The molecule has 0 atom stereocenters. The molecule has 0 unspecified atom stereocenters. The monoisotopic (exact) mass is 374 g/mol. The first kappa shape index (κ1) is 16.8. The highest BCUT2D eigenvalue weighted by molar-refractivity contribution is 7.98. The van der Waals surface area contributed by atoms with Crippen molar-refractivity contribution >= 4 is 23.4 Å². The Kier molecular flexibility index (Phi) is 4.55. The van der Waals surface area contributed by atoms with Crippen LogP contribution in [-0.4, -0.2) is 20.0 Å². The van der Waals surface area contributed by atoms with E-state index in [4.69, 9.17) is 16.0 Å². The van der Waals surface area contributed by atoms with Gasteiger partial charge in [-0.1, -0.05) is 35.5 Å². The van der Waals surface area contributed by atoms with Gasteiger partial charge in [0.15, 0.2) is 5.69 Å². The van der Waals surface area contributed by atoms with E-state index in [0.29, 0.717) is 10.8 Å². The molecule has 3 rings (SSSR count). The first-order chi connectivity index (χ1) is 11.3. The van der Waals surface area contributed by atoms with Gasteiger partial charge in [0.2, 0.25) is 0 Å². The summed E-state index contributed by atoms with van der Waals surface area (Å²) in [6, 6.07) is 7.19. The third-order valence-electron chi connectivity index (χ3n) is 3.01. The summed E-state index contributed by atoms with van der Waals surface area (Å²) in [4.78, 5) is 0. The van der Waals surface area contributed by atoms with Crippen LogP contribution in [0.1, 0.15) is 11.3 Å². The smallest absolute Gasteiger partial charge is 0.411 e. The molecule has 0 aliphatic carbocycles. The van der Waals surface area contributed by atoms with Crippen LogP contribution in [0.5, 0.6) is 0 Å². The number of thioether (sulfide) groups is 1. The molecule has 10 heteroatoms. The number of rotatable bonds is 4. The number of hydrogen-bond donors (Lipinski definition) is 0. The molecule has 0 spiro atoms. The highest BCUT2D eigenvalue weighted by atomic mass is 35.5. The van der Waals surface area contributed by atoms with Crippen molar-refractivity contribution in [3.63, 3.8) is 0 Å². The van der Waals surface area contributed by atoms with Gasteiger partial charge in [0.05, 0.1) is 5.56 Å². The van der Waals surface area contributed by atoms with Crippen LogP contribution >= 0.6 is 23.4 Å². The molecule has 2 heterocycles. The first-order valence-corrected chi connectivity index (χ1v) is 8.01. The Balaban J connectivity index is 1.77. The zero-order chi connectivity index (χ0) is 17.3. The number of halogens is 4. The fourth-order valence-electron chi connectivity index (χ4n) is 1.96. The first-order valence-electron chi connectivity index (χ1n) is 6.65. The Bertz CT molecular complexity index is 845. The quantitative estimate of drug-likeness (QED) is 0.632. The minimum atomic E-state index is -4.60. The molecule has 0 aliphatic rings. The van der Waals surface area contributed by atoms with E-state index in [1.165, 1.54) is 25.0 Å². The van der Waals surface area contributed by atoms with Crippen LogP contribution < -0.4 is 0 Å². The van der Waals surface area contributed by atoms with Crippen molar-refractivity contribution in [1.82, 2.24) is 20.0 Å². The summed E-state index contributed by atoms with van der Waals surface area (Å²) in [5, 5.41) is 11.7. The van der Waals surface area contributed by atoms with E-state index in [2.05, 4.69) is 15.3 Å². The topological polar surface area (TPSA) is 56.7 Å².